The molecule has 1 amide bonds. The zero-order chi connectivity index (χ0) is 16.2. The Balaban J connectivity index is 1.84. The molecule has 0 spiro atoms. The number of aromatic nitrogens is 1. The average Bonchev–Trinajstić information content (AvgIpc) is 2.44. The van der Waals surface area contributed by atoms with Crippen LogP contribution in [0.1, 0.15) is 39.2 Å². The molecule has 1 aromatic heterocycles. The standard InChI is InChI=1S/C16H24BrN3O2/c1-16(2,3)22-15(21)20-8-4-5-13(11-20)19-10-12-6-7-18-14(17)9-12/h6-7,9,13,19H,4-5,8,10-11H2,1-3H3. The largest absolute Gasteiger partial charge is 0.444 e. The van der Waals surface area contributed by atoms with Crippen molar-refractivity contribution >= 4 is 22.0 Å². The van der Waals surface area contributed by atoms with Crippen molar-refractivity contribution in [3.05, 3.63) is 28.5 Å². The van der Waals surface area contributed by atoms with Crippen LogP contribution in [0.3, 0.4) is 0 Å². The van der Waals surface area contributed by atoms with E-state index in [9.17, 15) is 4.79 Å². The van der Waals surface area contributed by atoms with E-state index in [4.69, 9.17) is 4.74 Å². The third kappa shape index (κ3) is 5.57. The Bertz CT molecular complexity index is 516. The van der Waals surface area contributed by atoms with E-state index in [1.54, 1.807) is 11.1 Å². The van der Waals surface area contributed by atoms with Crippen LogP contribution < -0.4 is 5.32 Å². The van der Waals surface area contributed by atoms with Crippen LogP contribution in [0.25, 0.3) is 0 Å². The molecule has 6 heteroatoms. The third-order valence-corrected chi connectivity index (χ3v) is 3.89. The first-order chi connectivity index (χ1) is 10.3. The molecule has 122 valence electrons. The van der Waals surface area contributed by atoms with E-state index in [0.717, 1.165) is 30.5 Å². The Kier molecular flexibility index (Phi) is 5.81. The molecule has 1 N–H and O–H groups in total. The van der Waals surface area contributed by atoms with Crippen LogP contribution in [0.5, 0.6) is 0 Å². The molecule has 0 saturated carbocycles. The van der Waals surface area contributed by atoms with Crippen molar-refractivity contribution in [1.82, 2.24) is 15.2 Å². The fourth-order valence-corrected chi connectivity index (χ4v) is 2.86. The fraction of sp³-hybridized carbons (Fsp3) is 0.625. The van der Waals surface area contributed by atoms with Gasteiger partial charge in [0, 0.05) is 31.9 Å². The molecule has 0 aromatic carbocycles. The lowest BCUT2D eigenvalue weighted by Gasteiger charge is -2.34. The number of nitrogens with zero attached hydrogens (tertiary/aromatic N) is 2. The summed E-state index contributed by atoms with van der Waals surface area (Å²) in [4.78, 5) is 18.1. The minimum atomic E-state index is -0.444. The second-order valence-electron chi connectivity index (χ2n) is 6.63. The zero-order valence-corrected chi connectivity index (χ0v) is 15.0. The molecular weight excluding hydrogens is 346 g/mol. The van der Waals surface area contributed by atoms with E-state index in [2.05, 4.69) is 26.2 Å². The van der Waals surface area contributed by atoms with E-state index < -0.39 is 5.60 Å². The van der Waals surface area contributed by atoms with Crippen molar-refractivity contribution in [3.63, 3.8) is 0 Å². The minimum Gasteiger partial charge on any atom is -0.444 e. The monoisotopic (exact) mass is 369 g/mol. The summed E-state index contributed by atoms with van der Waals surface area (Å²) in [6.45, 7) is 7.92. The van der Waals surface area contributed by atoms with Gasteiger partial charge in [-0.05, 0) is 67.2 Å². The van der Waals surface area contributed by atoms with Gasteiger partial charge in [-0.2, -0.15) is 0 Å². The van der Waals surface area contributed by atoms with Crippen LogP contribution in [0.4, 0.5) is 4.79 Å². The summed E-state index contributed by atoms with van der Waals surface area (Å²) in [7, 11) is 0. The number of halogens is 1. The molecule has 2 heterocycles. The van der Waals surface area contributed by atoms with Gasteiger partial charge in [-0.1, -0.05) is 0 Å². The molecule has 1 saturated heterocycles. The molecule has 22 heavy (non-hydrogen) atoms. The molecule has 0 bridgehead atoms. The predicted molar refractivity (Wildman–Crippen MR) is 89.6 cm³/mol. The maximum atomic E-state index is 12.1. The SMILES string of the molecule is CC(C)(C)OC(=O)N1CCCC(NCc2ccnc(Br)c2)C1. The minimum absolute atomic E-state index is 0.217. The summed E-state index contributed by atoms with van der Waals surface area (Å²) in [5.74, 6) is 0. The molecule has 1 fully saturated rings. The quantitative estimate of drug-likeness (QED) is 0.830. The van der Waals surface area contributed by atoms with Crippen molar-refractivity contribution in [2.45, 2.75) is 51.8 Å². The Morgan fingerprint density at radius 1 is 1.55 bits per heavy atom. The van der Waals surface area contributed by atoms with E-state index in [0.29, 0.717) is 12.6 Å². The van der Waals surface area contributed by atoms with Gasteiger partial charge in [-0.25, -0.2) is 9.78 Å². The summed E-state index contributed by atoms with van der Waals surface area (Å²) in [5, 5.41) is 3.51. The molecular formula is C16H24BrN3O2. The number of carbonyl (C=O) groups excluding carboxylic acids is 1. The highest BCUT2D eigenvalue weighted by Gasteiger charge is 2.27. The number of carbonyl (C=O) groups is 1. The van der Waals surface area contributed by atoms with E-state index in [1.165, 1.54) is 5.56 Å². The van der Waals surface area contributed by atoms with E-state index in [-0.39, 0.29) is 6.09 Å². The van der Waals surface area contributed by atoms with Crippen LogP contribution in [-0.2, 0) is 11.3 Å². The highest BCUT2D eigenvalue weighted by Crippen LogP contribution is 2.16. The molecule has 1 unspecified atom stereocenters. The van der Waals surface area contributed by atoms with Crippen LogP contribution >= 0.6 is 15.9 Å². The van der Waals surface area contributed by atoms with E-state index >= 15 is 0 Å². The van der Waals surface area contributed by atoms with Crippen molar-refractivity contribution in [3.8, 4) is 0 Å². The zero-order valence-electron chi connectivity index (χ0n) is 13.4. The van der Waals surface area contributed by atoms with Gasteiger partial charge >= 0.3 is 6.09 Å². The normalized spacial score (nSPS) is 19.1. The molecule has 1 aliphatic rings. The average molecular weight is 370 g/mol. The Labute approximate surface area is 140 Å². The number of ether oxygens (including phenoxy) is 1. The summed E-state index contributed by atoms with van der Waals surface area (Å²) >= 11 is 3.38. The molecule has 1 aromatic rings. The lowest BCUT2D eigenvalue weighted by atomic mass is 10.1. The van der Waals surface area contributed by atoms with Gasteiger partial charge in [0.05, 0.1) is 0 Å². The number of rotatable bonds is 3. The Hall–Kier alpha value is -1.14. The molecule has 1 aliphatic heterocycles. The van der Waals surface area contributed by atoms with E-state index in [1.807, 2.05) is 32.9 Å². The highest BCUT2D eigenvalue weighted by molar-refractivity contribution is 9.10. The molecule has 5 nitrogen and oxygen atoms in total. The first-order valence-electron chi connectivity index (χ1n) is 7.65. The number of hydrogen-bond donors (Lipinski definition) is 1. The lowest BCUT2D eigenvalue weighted by Crippen LogP contribution is -2.49. The summed E-state index contributed by atoms with van der Waals surface area (Å²) in [5.41, 5.74) is 0.733. The van der Waals surface area contributed by atoms with Gasteiger partial charge in [0.1, 0.15) is 10.2 Å². The van der Waals surface area contributed by atoms with Crippen molar-refractivity contribution in [2.75, 3.05) is 13.1 Å². The Morgan fingerprint density at radius 2 is 2.32 bits per heavy atom. The number of likely N-dealkylation sites (tertiary alicyclic amines) is 1. The van der Waals surface area contributed by atoms with Crippen molar-refractivity contribution in [2.24, 2.45) is 0 Å². The molecule has 0 aliphatic carbocycles. The highest BCUT2D eigenvalue weighted by atomic mass is 79.9. The first kappa shape index (κ1) is 17.2. The number of amides is 1. The van der Waals surface area contributed by atoms with Gasteiger partial charge in [-0.15, -0.1) is 0 Å². The number of pyridine rings is 1. The maximum absolute atomic E-state index is 12.1. The van der Waals surface area contributed by atoms with Crippen LogP contribution in [0.2, 0.25) is 0 Å². The topological polar surface area (TPSA) is 54.5 Å². The van der Waals surface area contributed by atoms with Gasteiger partial charge < -0.3 is 15.0 Å². The summed E-state index contributed by atoms with van der Waals surface area (Å²) < 4.78 is 6.29. The van der Waals surface area contributed by atoms with Crippen molar-refractivity contribution < 1.29 is 9.53 Å². The maximum Gasteiger partial charge on any atom is 0.410 e. The second-order valence-corrected chi connectivity index (χ2v) is 7.45. The molecule has 1 atom stereocenters. The third-order valence-electron chi connectivity index (χ3n) is 3.46. The number of nitrogens with one attached hydrogen (secondary N) is 1. The summed E-state index contributed by atoms with van der Waals surface area (Å²) in [6.07, 6.45) is 3.64. The second kappa shape index (κ2) is 7.42. The number of hydrogen-bond acceptors (Lipinski definition) is 4. The molecule has 2 rings (SSSR count). The van der Waals surface area contributed by atoms with Gasteiger partial charge in [0.15, 0.2) is 0 Å². The van der Waals surface area contributed by atoms with Crippen LogP contribution in [0, 0.1) is 0 Å². The van der Waals surface area contributed by atoms with Crippen LogP contribution in [0.15, 0.2) is 22.9 Å². The number of piperidine rings is 1. The Morgan fingerprint density at radius 3 is 3.00 bits per heavy atom. The lowest BCUT2D eigenvalue weighted by molar-refractivity contribution is 0.0187. The first-order valence-corrected chi connectivity index (χ1v) is 8.44. The van der Waals surface area contributed by atoms with Gasteiger partial charge in [-0.3, -0.25) is 0 Å². The van der Waals surface area contributed by atoms with Gasteiger partial charge in [0.2, 0.25) is 0 Å². The smallest absolute Gasteiger partial charge is 0.410 e. The fourth-order valence-electron chi connectivity index (χ4n) is 2.45. The predicted octanol–water partition coefficient (Wildman–Crippen LogP) is 3.33. The van der Waals surface area contributed by atoms with Gasteiger partial charge in [0.25, 0.3) is 0 Å². The van der Waals surface area contributed by atoms with Crippen LogP contribution in [-0.4, -0.2) is 40.7 Å². The molecule has 0 radical (unpaired) electrons. The van der Waals surface area contributed by atoms with Crippen molar-refractivity contribution in [1.29, 1.82) is 0 Å². The summed E-state index contributed by atoms with van der Waals surface area (Å²) in [6, 6.07) is 4.29.